The third-order valence-corrected chi connectivity index (χ3v) is 6.80. The first-order valence-electron chi connectivity index (χ1n) is 11.7. The van der Waals surface area contributed by atoms with Gasteiger partial charge in [0.25, 0.3) is 0 Å². The van der Waals surface area contributed by atoms with E-state index in [1.165, 1.54) is 33.4 Å². The van der Waals surface area contributed by atoms with E-state index in [2.05, 4.69) is 52.7 Å². The summed E-state index contributed by atoms with van der Waals surface area (Å²) in [7, 11) is 0. The summed E-state index contributed by atoms with van der Waals surface area (Å²) in [6.45, 7) is 8.62. The predicted octanol–water partition coefficient (Wildman–Crippen LogP) is 3.23. The zero-order valence-electron chi connectivity index (χ0n) is 20.7. The van der Waals surface area contributed by atoms with Gasteiger partial charge in [-0.2, -0.15) is 15.8 Å². The van der Waals surface area contributed by atoms with E-state index in [4.69, 9.17) is 15.8 Å². The molecule has 0 amide bonds. The Labute approximate surface area is 211 Å². The zero-order valence-corrected chi connectivity index (χ0v) is 20.7. The van der Waals surface area contributed by atoms with Gasteiger partial charge < -0.3 is 0 Å². The topological polar surface area (TPSA) is 83.0 Å². The predicted molar refractivity (Wildman–Crippen MR) is 132 cm³/mol. The summed E-state index contributed by atoms with van der Waals surface area (Å²) >= 11 is 0. The van der Waals surface area contributed by atoms with E-state index in [-0.39, 0.29) is 0 Å². The number of aromatic nitrogens is 3. The molecule has 4 aromatic rings. The molecule has 0 N–H and O–H groups in total. The number of rotatable bonds is 6. The largest absolute Gasteiger partial charge is 0.201 e. The lowest BCUT2D eigenvalue weighted by molar-refractivity contribution is -0.690. The molecule has 4 rings (SSSR count). The van der Waals surface area contributed by atoms with Crippen LogP contribution in [0.5, 0.6) is 0 Å². The number of nitrogens with zero attached hydrogens (tertiary/aromatic N) is 6. The molecular weight excluding hydrogens is 444 g/mol. The van der Waals surface area contributed by atoms with Crippen molar-refractivity contribution in [2.45, 2.75) is 40.4 Å². The molecule has 0 bridgehead atoms. The van der Waals surface area contributed by atoms with Crippen LogP contribution in [0.15, 0.2) is 73.6 Å². The maximum atomic E-state index is 9.16. The summed E-state index contributed by atoms with van der Waals surface area (Å²) < 4.78 is 6.30. The van der Waals surface area contributed by atoms with E-state index in [9.17, 15) is 0 Å². The van der Waals surface area contributed by atoms with Gasteiger partial charge in [0.2, 0.25) is 0 Å². The molecule has 0 unspecified atom stereocenters. The molecule has 0 atom stereocenters. The van der Waals surface area contributed by atoms with Crippen LogP contribution in [0, 0.1) is 54.8 Å². The summed E-state index contributed by atoms with van der Waals surface area (Å²) in [5.74, 6) is 0. The van der Waals surface area contributed by atoms with Gasteiger partial charge in [0.1, 0.15) is 0 Å². The summed E-state index contributed by atoms with van der Waals surface area (Å²) in [4.78, 5) is 0. The fraction of sp³-hybridized carbons (Fsp3) is 0.200. The molecular formula is C30H27N6+3. The molecule has 0 aliphatic heterocycles. The van der Waals surface area contributed by atoms with Crippen molar-refractivity contribution in [3.8, 4) is 18.2 Å². The maximum absolute atomic E-state index is 9.16. The molecule has 0 fully saturated rings. The fourth-order valence-electron chi connectivity index (χ4n) is 4.56. The highest BCUT2D eigenvalue weighted by Gasteiger charge is 2.23. The van der Waals surface area contributed by atoms with Crippen molar-refractivity contribution >= 4 is 0 Å². The standard InChI is InChI=1S/C30H27N6/c1-22-28(19-34-10-4-25(16-31)5-11-34)23(2)30(21-36-14-8-27(18-33)9-15-36)24(3)29(22)20-35-12-6-26(17-32)7-13-35/h4-15H,19-21H2,1-3H3/q+3. The van der Waals surface area contributed by atoms with Crippen molar-refractivity contribution in [2.75, 3.05) is 0 Å². The molecule has 174 valence electrons. The monoisotopic (exact) mass is 471 g/mol. The number of hydrogen-bond donors (Lipinski definition) is 0. The Morgan fingerprint density at radius 2 is 0.694 bits per heavy atom. The first-order chi connectivity index (χ1) is 17.4. The third-order valence-electron chi connectivity index (χ3n) is 6.80. The zero-order chi connectivity index (χ0) is 25.7. The van der Waals surface area contributed by atoms with Crippen LogP contribution in [0.4, 0.5) is 0 Å². The van der Waals surface area contributed by atoms with Gasteiger partial charge in [-0.1, -0.05) is 0 Å². The van der Waals surface area contributed by atoms with Gasteiger partial charge in [-0.3, -0.25) is 0 Å². The minimum Gasteiger partial charge on any atom is -0.201 e. The highest BCUT2D eigenvalue weighted by Crippen LogP contribution is 2.27. The van der Waals surface area contributed by atoms with E-state index in [0.29, 0.717) is 36.3 Å². The van der Waals surface area contributed by atoms with Crippen LogP contribution in [-0.2, 0) is 19.6 Å². The van der Waals surface area contributed by atoms with Gasteiger partial charge in [0.05, 0.1) is 34.9 Å². The maximum Gasteiger partial charge on any atom is 0.174 e. The van der Waals surface area contributed by atoms with Gasteiger partial charge in [-0.15, -0.1) is 0 Å². The molecule has 1 aromatic carbocycles. The minimum atomic E-state index is 0.638. The lowest BCUT2D eigenvalue weighted by atomic mass is 9.87. The Bertz CT molecular complexity index is 1320. The van der Waals surface area contributed by atoms with Crippen LogP contribution in [-0.4, -0.2) is 0 Å². The van der Waals surface area contributed by atoms with Gasteiger partial charge in [-0.05, 0) is 37.5 Å². The minimum absolute atomic E-state index is 0.638. The molecule has 0 radical (unpaired) electrons. The number of nitriles is 3. The van der Waals surface area contributed by atoms with Gasteiger partial charge in [0.15, 0.2) is 56.8 Å². The van der Waals surface area contributed by atoms with Gasteiger partial charge >= 0.3 is 0 Å². The smallest absolute Gasteiger partial charge is 0.174 e. The Balaban J connectivity index is 1.80. The first-order valence-corrected chi connectivity index (χ1v) is 11.7. The van der Waals surface area contributed by atoms with Crippen LogP contribution in [0.3, 0.4) is 0 Å². The van der Waals surface area contributed by atoms with Crippen LogP contribution in [0.25, 0.3) is 0 Å². The molecule has 0 saturated heterocycles. The summed E-state index contributed by atoms with van der Waals surface area (Å²) in [5.41, 5.74) is 9.40. The van der Waals surface area contributed by atoms with Crippen molar-refractivity contribution in [2.24, 2.45) is 0 Å². The second-order valence-corrected chi connectivity index (χ2v) is 8.92. The van der Waals surface area contributed by atoms with Gasteiger partial charge in [0, 0.05) is 53.1 Å². The van der Waals surface area contributed by atoms with Crippen LogP contribution in [0.1, 0.15) is 50.1 Å². The Morgan fingerprint density at radius 3 is 0.889 bits per heavy atom. The fourth-order valence-corrected chi connectivity index (χ4v) is 4.56. The van der Waals surface area contributed by atoms with E-state index < -0.39 is 0 Å². The first kappa shape index (κ1) is 24.3. The molecule has 0 aliphatic carbocycles. The third kappa shape index (κ3) is 5.12. The molecule has 6 nitrogen and oxygen atoms in total. The lowest BCUT2D eigenvalue weighted by Gasteiger charge is -2.19. The van der Waals surface area contributed by atoms with Crippen molar-refractivity contribution in [3.63, 3.8) is 0 Å². The summed E-state index contributed by atoms with van der Waals surface area (Å²) in [6, 6.07) is 17.5. The average molecular weight is 472 g/mol. The van der Waals surface area contributed by atoms with Crippen molar-refractivity contribution < 1.29 is 13.7 Å². The number of pyridine rings is 3. The Kier molecular flexibility index (Phi) is 7.15. The molecule has 3 heterocycles. The summed E-state index contributed by atoms with van der Waals surface area (Å²) in [5, 5.41) is 27.5. The van der Waals surface area contributed by atoms with Crippen LogP contribution < -0.4 is 13.7 Å². The van der Waals surface area contributed by atoms with Crippen molar-refractivity contribution in [1.29, 1.82) is 15.8 Å². The highest BCUT2D eigenvalue weighted by molar-refractivity contribution is 5.50. The Hall–Kier alpha value is -4.86. The van der Waals surface area contributed by atoms with Crippen molar-refractivity contribution in [1.82, 2.24) is 0 Å². The van der Waals surface area contributed by atoms with Gasteiger partial charge in [-0.25, -0.2) is 13.7 Å². The van der Waals surface area contributed by atoms with E-state index in [0.717, 1.165) is 0 Å². The van der Waals surface area contributed by atoms with Crippen LogP contribution >= 0.6 is 0 Å². The quantitative estimate of drug-likeness (QED) is 0.405. The molecule has 0 saturated carbocycles. The van der Waals surface area contributed by atoms with Crippen molar-refractivity contribution in [3.05, 3.63) is 124 Å². The SMILES string of the molecule is Cc1c(C[n+]2ccc(C#N)cc2)c(C)c(C[n+]2ccc(C#N)cc2)c(C)c1C[n+]1ccc(C#N)cc1. The van der Waals surface area contributed by atoms with Crippen LogP contribution in [0.2, 0.25) is 0 Å². The van der Waals surface area contributed by atoms with E-state index in [1.54, 1.807) is 0 Å². The highest BCUT2D eigenvalue weighted by atomic mass is 14.9. The van der Waals surface area contributed by atoms with E-state index >= 15 is 0 Å². The average Bonchev–Trinajstić information content (AvgIpc) is 2.92. The second-order valence-electron chi connectivity index (χ2n) is 8.92. The lowest BCUT2D eigenvalue weighted by Crippen LogP contribution is -2.38. The second kappa shape index (κ2) is 10.6. The van der Waals surface area contributed by atoms with E-state index in [1.807, 2.05) is 73.6 Å². The molecule has 0 aliphatic rings. The Morgan fingerprint density at radius 1 is 0.472 bits per heavy atom. The number of benzene rings is 1. The molecule has 3 aromatic heterocycles. The molecule has 0 spiro atoms. The normalized spacial score (nSPS) is 10.3. The molecule has 36 heavy (non-hydrogen) atoms. The number of hydrogen-bond acceptors (Lipinski definition) is 3. The summed E-state index contributed by atoms with van der Waals surface area (Å²) in [6.07, 6.45) is 11.7. The molecule has 6 heteroatoms.